The highest BCUT2D eigenvalue weighted by Gasteiger charge is 2.26. The Balaban J connectivity index is 1.62. The summed E-state index contributed by atoms with van der Waals surface area (Å²) in [7, 11) is 2.98. The lowest BCUT2D eigenvalue weighted by Crippen LogP contribution is -2.53. The Hall–Kier alpha value is -4.45. The number of carbonyl (C=O) groups excluding carboxylic acids is 4. The molecule has 35 heavy (non-hydrogen) atoms. The zero-order valence-electron chi connectivity index (χ0n) is 18.7. The van der Waals surface area contributed by atoms with Crippen LogP contribution in [0.2, 0.25) is 5.02 Å². The maximum absolute atomic E-state index is 12.6. The zero-order chi connectivity index (χ0) is 25.4. The lowest BCUT2D eigenvalue weighted by molar-refractivity contribution is -0.136. The van der Waals surface area contributed by atoms with Crippen LogP contribution in [0.25, 0.3) is 11.1 Å². The number of anilines is 1. The first-order valence-corrected chi connectivity index (χ1v) is 10.6. The highest BCUT2D eigenvalue weighted by Crippen LogP contribution is 2.15. The molecular formula is C22H21ClN8O4. The van der Waals surface area contributed by atoms with Crippen LogP contribution < -0.4 is 16.0 Å². The molecule has 180 valence electrons. The zero-order valence-corrected chi connectivity index (χ0v) is 19.5. The number of likely N-dealkylation sites (N-methyl/N-ethyl adjacent to an activating group) is 1. The topological polar surface area (TPSA) is 159 Å². The van der Waals surface area contributed by atoms with Crippen molar-refractivity contribution in [3.05, 3.63) is 66.1 Å². The third-order valence-corrected chi connectivity index (χ3v) is 4.78. The molecule has 3 aromatic rings. The number of pyridine rings is 2. The molecule has 1 atom stereocenters. The van der Waals surface area contributed by atoms with E-state index in [4.69, 9.17) is 11.6 Å². The third kappa shape index (κ3) is 7.01. The number of amides is 4. The standard InChI is InChI=1S/C22H21ClN8O4/c1-31(2)22(35)16(12-28-20(33)21(34)30-17-4-3-15(23)11-25-17)29-19(32)18-26-9-14(10-27-18)13-5-7-24-8-6-13/h3-11,16H,12H2,1-2H3,(H,28,33)(H,29,32)(H,25,30,34). The summed E-state index contributed by atoms with van der Waals surface area (Å²) in [6.07, 6.45) is 7.48. The number of nitrogens with one attached hydrogen (secondary N) is 3. The molecule has 3 rings (SSSR count). The van der Waals surface area contributed by atoms with Crippen molar-refractivity contribution in [3.8, 4) is 11.1 Å². The molecule has 0 saturated heterocycles. The second kappa shape index (κ2) is 11.6. The maximum Gasteiger partial charge on any atom is 0.314 e. The maximum atomic E-state index is 12.6. The van der Waals surface area contributed by atoms with E-state index >= 15 is 0 Å². The minimum absolute atomic E-state index is 0.121. The van der Waals surface area contributed by atoms with Gasteiger partial charge in [-0.2, -0.15) is 0 Å². The molecular weight excluding hydrogens is 476 g/mol. The Labute approximate surface area is 205 Å². The van der Waals surface area contributed by atoms with Gasteiger partial charge in [0.15, 0.2) is 0 Å². The van der Waals surface area contributed by atoms with Crippen LogP contribution in [-0.2, 0) is 14.4 Å². The highest BCUT2D eigenvalue weighted by molar-refractivity contribution is 6.39. The summed E-state index contributed by atoms with van der Waals surface area (Å²) >= 11 is 5.74. The fourth-order valence-corrected chi connectivity index (χ4v) is 2.88. The quantitative estimate of drug-likeness (QED) is 0.399. The average Bonchev–Trinajstić information content (AvgIpc) is 2.87. The van der Waals surface area contributed by atoms with Crippen LogP contribution in [0.4, 0.5) is 5.82 Å². The van der Waals surface area contributed by atoms with Crippen LogP contribution in [0.3, 0.4) is 0 Å². The molecule has 0 saturated carbocycles. The Bertz CT molecular complexity index is 1200. The molecule has 1 unspecified atom stereocenters. The summed E-state index contributed by atoms with van der Waals surface area (Å²) in [4.78, 5) is 66.6. The van der Waals surface area contributed by atoms with Crippen molar-refractivity contribution in [3.63, 3.8) is 0 Å². The molecule has 0 fully saturated rings. The Morgan fingerprint density at radius 3 is 2.20 bits per heavy atom. The molecule has 0 aliphatic heterocycles. The van der Waals surface area contributed by atoms with Gasteiger partial charge in [-0.25, -0.2) is 15.0 Å². The minimum atomic E-state index is -1.17. The van der Waals surface area contributed by atoms with Gasteiger partial charge in [0.25, 0.3) is 5.91 Å². The normalized spacial score (nSPS) is 11.2. The van der Waals surface area contributed by atoms with Gasteiger partial charge in [-0.15, -0.1) is 0 Å². The van der Waals surface area contributed by atoms with Gasteiger partial charge in [-0.3, -0.25) is 24.2 Å². The Kier molecular flexibility index (Phi) is 8.35. The van der Waals surface area contributed by atoms with Crippen LogP contribution in [-0.4, -0.2) is 75.1 Å². The molecule has 0 aliphatic carbocycles. The molecule has 0 radical (unpaired) electrons. The van der Waals surface area contributed by atoms with E-state index in [9.17, 15) is 19.2 Å². The molecule has 3 aromatic heterocycles. The number of carbonyl (C=O) groups is 4. The lowest BCUT2D eigenvalue weighted by atomic mass is 10.1. The summed E-state index contributed by atoms with van der Waals surface area (Å²) in [5.41, 5.74) is 1.50. The summed E-state index contributed by atoms with van der Waals surface area (Å²) in [6.45, 7) is -0.349. The molecule has 0 spiro atoms. The molecule has 3 heterocycles. The predicted molar refractivity (Wildman–Crippen MR) is 126 cm³/mol. The number of aromatic nitrogens is 4. The van der Waals surface area contributed by atoms with Crippen molar-refractivity contribution in [2.24, 2.45) is 0 Å². The minimum Gasteiger partial charge on any atom is -0.347 e. The van der Waals surface area contributed by atoms with Crippen molar-refractivity contribution in [1.82, 2.24) is 35.5 Å². The summed E-state index contributed by atoms with van der Waals surface area (Å²) in [5.74, 6) is -3.31. The second-order valence-electron chi connectivity index (χ2n) is 7.32. The Morgan fingerprint density at radius 2 is 1.60 bits per heavy atom. The monoisotopic (exact) mass is 496 g/mol. The Morgan fingerprint density at radius 1 is 0.914 bits per heavy atom. The van der Waals surface area contributed by atoms with E-state index < -0.39 is 29.7 Å². The van der Waals surface area contributed by atoms with Gasteiger partial charge < -0.3 is 20.9 Å². The molecule has 0 bridgehead atoms. The number of hydrogen-bond donors (Lipinski definition) is 3. The van der Waals surface area contributed by atoms with Crippen molar-refractivity contribution in [1.29, 1.82) is 0 Å². The van der Waals surface area contributed by atoms with Crippen LogP contribution >= 0.6 is 11.6 Å². The number of nitrogens with zero attached hydrogens (tertiary/aromatic N) is 5. The van der Waals surface area contributed by atoms with E-state index in [1.54, 1.807) is 24.5 Å². The molecule has 13 heteroatoms. The fourth-order valence-electron chi connectivity index (χ4n) is 2.77. The highest BCUT2D eigenvalue weighted by atomic mass is 35.5. The van der Waals surface area contributed by atoms with Crippen molar-refractivity contribution in [2.45, 2.75) is 6.04 Å². The molecule has 0 aliphatic rings. The van der Waals surface area contributed by atoms with E-state index in [1.165, 1.54) is 49.7 Å². The van der Waals surface area contributed by atoms with Crippen LogP contribution in [0.1, 0.15) is 10.6 Å². The largest absolute Gasteiger partial charge is 0.347 e. The first-order chi connectivity index (χ1) is 16.7. The van der Waals surface area contributed by atoms with E-state index in [0.29, 0.717) is 10.6 Å². The first kappa shape index (κ1) is 25.2. The third-order valence-electron chi connectivity index (χ3n) is 4.55. The number of rotatable bonds is 7. The van der Waals surface area contributed by atoms with Crippen LogP contribution in [0, 0.1) is 0 Å². The predicted octanol–water partition coefficient (Wildman–Crippen LogP) is 0.529. The van der Waals surface area contributed by atoms with Gasteiger partial charge in [-0.1, -0.05) is 11.6 Å². The molecule has 4 amide bonds. The molecule has 0 aromatic carbocycles. The van der Waals surface area contributed by atoms with E-state index in [1.807, 2.05) is 0 Å². The van der Waals surface area contributed by atoms with E-state index in [2.05, 4.69) is 35.9 Å². The lowest BCUT2D eigenvalue weighted by Gasteiger charge is -2.21. The van der Waals surface area contributed by atoms with Gasteiger partial charge in [0.1, 0.15) is 11.9 Å². The average molecular weight is 497 g/mol. The fraction of sp³-hybridized carbons (Fsp3) is 0.182. The van der Waals surface area contributed by atoms with Gasteiger partial charge in [0.2, 0.25) is 11.7 Å². The SMILES string of the molecule is CN(C)C(=O)C(CNC(=O)C(=O)Nc1ccc(Cl)cn1)NC(=O)c1ncc(-c2ccncc2)cn1. The summed E-state index contributed by atoms with van der Waals surface area (Å²) in [5, 5.41) is 7.48. The van der Waals surface area contributed by atoms with Crippen LogP contribution in [0.15, 0.2) is 55.2 Å². The van der Waals surface area contributed by atoms with Gasteiger partial charge in [0.05, 0.1) is 5.02 Å². The van der Waals surface area contributed by atoms with Crippen molar-refractivity contribution in [2.75, 3.05) is 26.0 Å². The van der Waals surface area contributed by atoms with Crippen molar-refractivity contribution < 1.29 is 19.2 Å². The molecule has 12 nitrogen and oxygen atoms in total. The number of hydrogen-bond acceptors (Lipinski definition) is 8. The number of halogens is 1. The molecule has 3 N–H and O–H groups in total. The summed E-state index contributed by atoms with van der Waals surface area (Å²) < 4.78 is 0. The van der Waals surface area contributed by atoms with Gasteiger partial charge in [-0.05, 0) is 29.8 Å². The van der Waals surface area contributed by atoms with E-state index in [0.717, 1.165) is 5.56 Å². The smallest absolute Gasteiger partial charge is 0.314 e. The van der Waals surface area contributed by atoms with Gasteiger partial charge >= 0.3 is 11.8 Å². The van der Waals surface area contributed by atoms with E-state index in [-0.39, 0.29) is 18.2 Å². The second-order valence-corrected chi connectivity index (χ2v) is 7.75. The van der Waals surface area contributed by atoms with Crippen LogP contribution in [0.5, 0.6) is 0 Å². The van der Waals surface area contributed by atoms with Crippen molar-refractivity contribution >= 4 is 41.0 Å². The first-order valence-electron chi connectivity index (χ1n) is 10.2. The summed E-state index contributed by atoms with van der Waals surface area (Å²) in [6, 6.07) is 5.28. The van der Waals surface area contributed by atoms with Gasteiger partial charge in [0, 0.05) is 57.2 Å².